The van der Waals surface area contributed by atoms with Crippen LogP contribution in [0.3, 0.4) is 0 Å². The lowest BCUT2D eigenvalue weighted by Crippen LogP contribution is -2.43. The molecule has 1 aliphatic rings. The van der Waals surface area contributed by atoms with Gasteiger partial charge in [-0.25, -0.2) is 18.6 Å². The van der Waals surface area contributed by atoms with E-state index in [1.807, 2.05) is 0 Å². The smallest absolute Gasteiger partial charge is 0.331 e. The molecule has 1 aromatic heterocycles. The molecular formula is C21H24F2N4O2. The molecule has 0 bridgehead atoms. The molecule has 2 N–H and O–H groups in total. The second-order valence-corrected chi connectivity index (χ2v) is 7.23. The highest BCUT2D eigenvalue weighted by Gasteiger charge is 2.20. The number of nitrogens with zero attached hydrogens (tertiary/aromatic N) is 3. The number of likely N-dealkylation sites (tertiary alicyclic amines) is 1. The summed E-state index contributed by atoms with van der Waals surface area (Å²) in [6, 6.07) is 3.90. The van der Waals surface area contributed by atoms with Crippen LogP contribution in [0.15, 0.2) is 36.2 Å². The summed E-state index contributed by atoms with van der Waals surface area (Å²) in [7, 11) is 0. The van der Waals surface area contributed by atoms with Gasteiger partial charge in [-0.2, -0.15) is 0 Å². The summed E-state index contributed by atoms with van der Waals surface area (Å²) < 4.78 is 26.8. The van der Waals surface area contributed by atoms with E-state index in [9.17, 15) is 13.6 Å². The molecule has 1 atom stereocenters. The molecule has 2 aromatic rings. The van der Waals surface area contributed by atoms with Gasteiger partial charge in [0.25, 0.3) is 0 Å². The molecule has 1 aromatic carbocycles. The molecule has 1 aliphatic heterocycles. The summed E-state index contributed by atoms with van der Waals surface area (Å²) in [6.07, 6.45) is 7.12. The minimum absolute atomic E-state index is 0.193. The zero-order valence-electron chi connectivity index (χ0n) is 16.2. The van der Waals surface area contributed by atoms with Crippen molar-refractivity contribution >= 4 is 17.9 Å². The summed E-state index contributed by atoms with van der Waals surface area (Å²) in [5, 5.41) is 12.3. The number of rotatable bonds is 7. The number of piperidine rings is 1. The number of carboxylic acid groups (broad SMARTS) is 1. The van der Waals surface area contributed by atoms with Crippen molar-refractivity contribution < 1.29 is 18.7 Å². The predicted molar refractivity (Wildman–Crippen MR) is 106 cm³/mol. The third kappa shape index (κ3) is 6.05. The Morgan fingerprint density at radius 1 is 1.34 bits per heavy atom. The van der Waals surface area contributed by atoms with E-state index in [0.29, 0.717) is 30.0 Å². The molecule has 0 spiro atoms. The molecule has 0 aliphatic carbocycles. The maximum absolute atomic E-state index is 13.8. The summed E-state index contributed by atoms with van der Waals surface area (Å²) >= 11 is 0. The van der Waals surface area contributed by atoms with Gasteiger partial charge in [0.05, 0.1) is 18.1 Å². The average Bonchev–Trinajstić information content (AvgIpc) is 2.69. The molecule has 1 saturated heterocycles. The van der Waals surface area contributed by atoms with Crippen LogP contribution in [-0.2, 0) is 11.2 Å². The van der Waals surface area contributed by atoms with Crippen molar-refractivity contribution in [3.05, 3.63) is 59.1 Å². The highest BCUT2D eigenvalue weighted by Crippen LogP contribution is 2.17. The molecule has 6 nitrogen and oxygen atoms in total. The van der Waals surface area contributed by atoms with Gasteiger partial charge in [-0.1, -0.05) is 6.07 Å². The molecule has 1 fully saturated rings. The van der Waals surface area contributed by atoms with Crippen LogP contribution in [0.25, 0.3) is 6.08 Å². The topological polar surface area (TPSA) is 78.4 Å². The third-order valence-electron chi connectivity index (χ3n) is 4.94. The number of anilines is 1. The molecule has 29 heavy (non-hydrogen) atoms. The van der Waals surface area contributed by atoms with Crippen LogP contribution < -0.4 is 5.32 Å². The average molecular weight is 402 g/mol. The Balaban J connectivity index is 1.53. The van der Waals surface area contributed by atoms with Crippen molar-refractivity contribution in [1.82, 2.24) is 14.9 Å². The Morgan fingerprint density at radius 3 is 2.86 bits per heavy atom. The first-order valence-corrected chi connectivity index (χ1v) is 9.57. The van der Waals surface area contributed by atoms with Crippen molar-refractivity contribution in [2.24, 2.45) is 0 Å². The van der Waals surface area contributed by atoms with E-state index in [0.717, 1.165) is 32.0 Å². The molecule has 0 unspecified atom stereocenters. The van der Waals surface area contributed by atoms with Gasteiger partial charge in [0.15, 0.2) is 0 Å². The zero-order valence-corrected chi connectivity index (χ0v) is 16.2. The lowest BCUT2D eigenvalue weighted by Gasteiger charge is -2.33. The van der Waals surface area contributed by atoms with Crippen LogP contribution in [0.1, 0.15) is 31.0 Å². The summed E-state index contributed by atoms with van der Waals surface area (Å²) in [5.41, 5.74) is 1.20. The molecule has 0 saturated carbocycles. The van der Waals surface area contributed by atoms with E-state index >= 15 is 0 Å². The standard InChI is InChI=1S/C21H24F2N4O2/c1-14(21(28)29)9-18-11-25-20(12-24-18)26-17-3-2-7-27(13-17)8-6-15-4-5-16(22)10-19(15)23/h4-5,9-12,17H,2-3,6-8,13H2,1H3,(H,25,26)(H,28,29)/b14-9+/t17-/m1/s1. The molecule has 3 rings (SSSR count). The second-order valence-electron chi connectivity index (χ2n) is 7.23. The fourth-order valence-corrected chi connectivity index (χ4v) is 3.36. The number of hydrogen-bond donors (Lipinski definition) is 2. The van der Waals surface area contributed by atoms with Gasteiger partial charge in [0.2, 0.25) is 0 Å². The Hall–Kier alpha value is -2.87. The van der Waals surface area contributed by atoms with Crippen LogP contribution in [-0.4, -0.2) is 51.6 Å². The maximum atomic E-state index is 13.8. The zero-order chi connectivity index (χ0) is 20.8. The molecule has 8 heteroatoms. The molecule has 2 heterocycles. The van der Waals surface area contributed by atoms with E-state index in [2.05, 4.69) is 20.2 Å². The Morgan fingerprint density at radius 2 is 2.17 bits per heavy atom. The minimum atomic E-state index is -0.989. The van der Waals surface area contributed by atoms with Crippen molar-refractivity contribution in [3.63, 3.8) is 0 Å². The Bertz CT molecular complexity index is 887. The number of carboxylic acids is 1. The van der Waals surface area contributed by atoms with Gasteiger partial charge in [-0.15, -0.1) is 0 Å². The highest BCUT2D eigenvalue weighted by molar-refractivity contribution is 5.91. The van der Waals surface area contributed by atoms with Gasteiger partial charge >= 0.3 is 5.97 Å². The number of benzene rings is 1. The first-order chi connectivity index (χ1) is 13.9. The van der Waals surface area contributed by atoms with Gasteiger partial charge in [-0.3, -0.25) is 4.98 Å². The molecule has 154 valence electrons. The molecule has 0 radical (unpaired) electrons. The van der Waals surface area contributed by atoms with Crippen LogP contribution in [0.2, 0.25) is 0 Å². The number of halogens is 2. The number of aromatic nitrogens is 2. The predicted octanol–water partition coefficient (Wildman–Crippen LogP) is 3.36. The van der Waals surface area contributed by atoms with Crippen molar-refractivity contribution in [2.75, 3.05) is 25.0 Å². The normalized spacial score (nSPS) is 17.9. The van der Waals surface area contributed by atoms with Gasteiger partial charge < -0.3 is 15.3 Å². The monoisotopic (exact) mass is 402 g/mol. The first-order valence-electron chi connectivity index (χ1n) is 9.57. The van der Waals surface area contributed by atoms with E-state index in [1.165, 1.54) is 31.3 Å². The van der Waals surface area contributed by atoms with Gasteiger partial charge in [0, 0.05) is 30.8 Å². The van der Waals surface area contributed by atoms with Crippen LogP contribution >= 0.6 is 0 Å². The second kappa shape index (κ2) is 9.56. The summed E-state index contributed by atoms with van der Waals surface area (Å²) in [6.45, 7) is 3.93. The number of carbonyl (C=O) groups is 1. The quantitative estimate of drug-likeness (QED) is 0.692. The van der Waals surface area contributed by atoms with E-state index in [1.54, 1.807) is 6.20 Å². The van der Waals surface area contributed by atoms with E-state index in [4.69, 9.17) is 5.11 Å². The number of aliphatic carboxylic acids is 1. The minimum Gasteiger partial charge on any atom is -0.478 e. The van der Waals surface area contributed by atoms with Crippen LogP contribution in [0.4, 0.5) is 14.6 Å². The van der Waals surface area contributed by atoms with E-state index < -0.39 is 17.6 Å². The van der Waals surface area contributed by atoms with Gasteiger partial charge in [0.1, 0.15) is 17.5 Å². The number of hydrogen-bond acceptors (Lipinski definition) is 5. The maximum Gasteiger partial charge on any atom is 0.331 e. The van der Waals surface area contributed by atoms with Crippen molar-refractivity contribution in [1.29, 1.82) is 0 Å². The lowest BCUT2D eigenvalue weighted by atomic mass is 10.0. The van der Waals surface area contributed by atoms with Gasteiger partial charge in [-0.05, 0) is 50.4 Å². The summed E-state index contributed by atoms with van der Waals surface area (Å²) in [5.74, 6) is -1.42. The molecule has 0 amide bonds. The SMILES string of the molecule is C/C(=C\c1cnc(N[C@@H]2CCCN(CCc3ccc(F)cc3F)C2)cn1)C(=O)O. The Labute approximate surface area is 168 Å². The fourth-order valence-electron chi connectivity index (χ4n) is 3.36. The fraction of sp³-hybridized carbons (Fsp3) is 0.381. The Kier molecular flexibility index (Phi) is 6.87. The first kappa shape index (κ1) is 20.9. The highest BCUT2D eigenvalue weighted by atomic mass is 19.1. The van der Waals surface area contributed by atoms with Crippen LogP contribution in [0.5, 0.6) is 0 Å². The van der Waals surface area contributed by atoms with Crippen molar-refractivity contribution in [2.45, 2.75) is 32.2 Å². The lowest BCUT2D eigenvalue weighted by molar-refractivity contribution is -0.132. The van der Waals surface area contributed by atoms with E-state index in [-0.39, 0.29) is 11.6 Å². The summed E-state index contributed by atoms with van der Waals surface area (Å²) in [4.78, 5) is 21.7. The number of nitrogens with one attached hydrogen (secondary N) is 1. The van der Waals surface area contributed by atoms with Crippen LogP contribution in [0, 0.1) is 11.6 Å². The third-order valence-corrected chi connectivity index (χ3v) is 4.94. The molecular weight excluding hydrogens is 378 g/mol. The van der Waals surface area contributed by atoms with Crippen molar-refractivity contribution in [3.8, 4) is 0 Å². The largest absolute Gasteiger partial charge is 0.478 e.